The Morgan fingerprint density at radius 1 is 1.31 bits per heavy atom. The Kier molecular flexibility index (Phi) is 5.46. The van der Waals surface area contributed by atoms with Crippen LogP contribution in [0.5, 0.6) is 0 Å². The van der Waals surface area contributed by atoms with Crippen LogP contribution in [0.2, 0.25) is 0 Å². The van der Waals surface area contributed by atoms with Crippen LogP contribution >= 0.6 is 11.3 Å². The first kappa shape index (κ1) is 18.6. The number of nitrogens with zero attached hydrogens (tertiary/aromatic N) is 3. The fourth-order valence-corrected chi connectivity index (χ4v) is 4.07. The second kappa shape index (κ2) is 7.61. The van der Waals surface area contributed by atoms with Crippen LogP contribution in [0.4, 0.5) is 0 Å². The molecule has 1 saturated heterocycles. The van der Waals surface area contributed by atoms with Gasteiger partial charge in [0.05, 0.1) is 11.8 Å². The van der Waals surface area contributed by atoms with E-state index >= 15 is 0 Å². The fraction of sp³-hybridized carbons (Fsp3) is 0.526. The molecule has 1 aliphatic heterocycles. The Labute approximate surface area is 158 Å². The standard InChI is InChI=1S/C19H26N4O2S/c1-19(2)5-4-7-22(8-6-19)18(25)14-9-16(26-13-14)15-10-21-23(11-15)12-17(24)20-3/h9-11,13H,4-8,12H2,1-3H3,(H,20,24). The van der Waals surface area contributed by atoms with E-state index in [2.05, 4.69) is 24.3 Å². The maximum Gasteiger partial charge on any atom is 0.254 e. The van der Waals surface area contributed by atoms with Gasteiger partial charge in [-0.05, 0) is 30.7 Å². The van der Waals surface area contributed by atoms with Crippen molar-refractivity contribution in [2.45, 2.75) is 39.7 Å². The molecule has 0 aliphatic carbocycles. The molecule has 0 atom stereocenters. The van der Waals surface area contributed by atoms with Crippen molar-refractivity contribution in [2.24, 2.45) is 5.41 Å². The van der Waals surface area contributed by atoms with Crippen LogP contribution in [-0.2, 0) is 11.3 Å². The zero-order valence-electron chi connectivity index (χ0n) is 15.6. The van der Waals surface area contributed by atoms with Gasteiger partial charge in [0.2, 0.25) is 5.91 Å². The van der Waals surface area contributed by atoms with E-state index in [1.54, 1.807) is 17.9 Å². The van der Waals surface area contributed by atoms with Gasteiger partial charge in [0.25, 0.3) is 5.91 Å². The Bertz CT molecular complexity index is 793. The predicted octanol–water partition coefficient (Wildman–Crippen LogP) is 3.01. The predicted molar refractivity (Wildman–Crippen MR) is 103 cm³/mol. The quantitative estimate of drug-likeness (QED) is 0.894. The van der Waals surface area contributed by atoms with Gasteiger partial charge >= 0.3 is 0 Å². The monoisotopic (exact) mass is 374 g/mol. The van der Waals surface area contributed by atoms with Crippen molar-refractivity contribution in [3.8, 4) is 10.4 Å². The van der Waals surface area contributed by atoms with E-state index in [0.29, 0.717) is 5.41 Å². The third kappa shape index (κ3) is 4.33. The van der Waals surface area contributed by atoms with Crippen LogP contribution in [0, 0.1) is 5.41 Å². The van der Waals surface area contributed by atoms with E-state index in [1.165, 1.54) is 11.3 Å². The number of aromatic nitrogens is 2. The highest BCUT2D eigenvalue weighted by molar-refractivity contribution is 7.13. The highest BCUT2D eigenvalue weighted by Crippen LogP contribution is 2.31. The molecule has 1 aliphatic rings. The molecule has 0 bridgehead atoms. The molecule has 0 aromatic carbocycles. The van der Waals surface area contributed by atoms with Crippen molar-refractivity contribution in [1.29, 1.82) is 0 Å². The van der Waals surface area contributed by atoms with Gasteiger partial charge in [-0.3, -0.25) is 14.3 Å². The Morgan fingerprint density at radius 3 is 2.88 bits per heavy atom. The van der Waals surface area contributed by atoms with Crippen LogP contribution in [-0.4, -0.2) is 46.6 Å². The third-order valence-corrected chi connectivity index (χ3v) is 5.96. The van der Waals surface area contributed by atoms with Crippen molar-refractivity contribution in [3.63, 3.8) is 0 Å². The molecule has 0 saturated carbocycles. The van der Waals surface area contributed by atoms with E-state index in [4.69, 9.17) is 0 Å². The van der Waals surface area contributed by atoms with Crippen LogP contribution in [0.1, 0.15) is 43.5 Å². The molecule has 3 rings (SSSR count). The Balaban J connectivity index is 1.69. The lowest BCUT2D eigenvalue weighted by Crippen LogP contribution is -2.32. The van der Waals surface area contributed by atoms with Crippen molar-refractivity contribution in [1.82, 2.24) is 20.0 Å². The summed E-state index contributed by atoms with van der Waals surface area (Å²) in [4.78, 5) is 27.3. The highest BCUT2D eigenvalue weighted by atomic mass is 32.1. The lowest BCUT2D eigenvalue weighted by atomic mass is 9.85. The maximum absolute atomic E-state index is 12.9. The molecule has 1 fully saturated rings. The number of hydrogen-bond acceptors (Lipinski definition) is 4. The molecule has 6 nitrogen and oxygen atoms in total. The first-order valence-corrected chi connectivity index (χ1v) is 9.87. The molecule has 140 valence electrons. The summed E-state index contributed by atoms with van der Waals surface area (Å²) in [5.74, 6) is 0.0220. The molecular formula is C19H26N4O2S. The molecular weight excluding hydrogens is 348 g/mol. The van der Waals surface area contributed by atoms with Gasteiger partial charge in [-0.1, -0.05) is 13.8 Å². The van der Waals surface area contributed by atoms with Crippen LogP contribution in [0.15, 0.2) is 23.8 Å². The van der Waals surface area contributed by atoms with E-state index in [1.807, 2.05) is 22.5 Å². The van der Waals surface area contributed by atoms with Gasteiger partial charge in [-0.15, -0.1) is 11.3 Å². The minimum absolute atomic E-state index is 0.0919. The minimum atomic E-state index is -0.0919. The fourth-order valence-electron chi connectivity index (χ4n) is 3.21. The summed E-state index contributed by atoms with van der Waals surface area (Å²) in [5.41, 5.74) is 1.98. The summed E-state index contributed by atoms with van der Waals surface area (Å²) < 4.78 is 1.60. The van der Waals surface area contributed by atoms with E-state index < -0.39 is 0 Å². The molecule has 0 unspecified atom stereocenters. The average Bonchev–Trinajstić information content (AvgIpc) is 3.22. The third-order valence-electron chi connectivity index (χ3n) is 4.98. The van der Waals surface area contributed by atoms with Crippen molar-refractivity contribution < 1.29 is 9.59 Å². The van der Waals surface area contributed by atoms with Gasteiger partial charge in [-0.25, -0.2) is 0 Å². The molecule has 1 N–H and O–H groups in total. The molecule has 7 heteroatoms. The van der Waals surface area contributed by atoms with Gasteiger partial charge in [0, 0.05) is 42.2 Å². The number of nitrogens with one attached hydrogen (secondary N) is 1. The summed E-state index contributed by atoms with van der Waals surface area (Å²) >= 11 is 1.54. The molecule has 3 heterocycles. The lowest BCUT2D eigenvalue weighted by molar-refractivity contribution is -0.121. The average molecular weight is 375 g/mol. The maximum atomic E-state index is 12.9. The second-order valence-corrected chi connectivity index (χ2v) is 8.52. The number of rotatable bonds is 4. The van der Waals surface area contributed by atoms with Crippen LogP contribution < -0.4 is 5.32 Å². The van der Waals surface area contributed by atoms with E-state index in [-0.39, 0.29) is 18.4 Å². The number of likely N-dealkylation sites (N-methyl/N-ethyl adjacent to an activating group) is 1. The molecule has 0 radical (unpaired) electrons. The summed E-state index contributed by atoms with van der Waals surface area (Å²) in [5, 5.41) is 8.72. The Morgan fingerprint density at radius 2 is 2.12 bits per heavy atom. The Hall–Kier alpha value is -2.15. The van der Waals surface area contributed by atoms with E-state index in [0.717, 1.165) is 48.4 Å². The van der Waals surface area contributed by atoms with Crippen LogP contribution in [0.25, 0.3) is 10.4 Å². The van der Waals surface area contributed by atoms with E-state index in [9.17, 15) is 9.59 Å². The minimum Gasteiger partial charge on any atom is -0.358 e. The first-order valence-electron chi connectivity index (χ1n) is 8.99. The summed E-state index contributed by atoms with van der Waals surface area (Å²) in [6, 6.07) is 1.93. The lowest BCUT2D eigenvalue weighted by Gasteiger charge is -2.23. The first-order chi connectivity index (χ1) is 12.4. The van der Waals surface area contributed by atoms with Gasteiger partial charge < -0.3 is 10.2 Å². The summed E-state index contributed by atoms with van der Waals surface area (Å²) in [7, 11) is 1.61. The summed E-state index contributed by atoms with van der Waals surface area (Å²) in [6.45, 7) is 6.40. The zero-order chi connectivity index (χ0) is 18.7. The summed E-state index contributed by atoms with van der Waals surface area (Å²) in [6.07, 6.45) is 6.83. The second-order valence-electron chi connectivity index (χ2n) is 7.61. The smallest absolute Gasteiger partial charge is 0.254 e. The van der Waals surface area contributed by atoms with Crippen LogP contribution in [0.3, 0.4) is 0 Å². The zero-order valence-corrected chi connectivity index (χ0v) is 16.4. The van der Waals surface area contributed by atoms with Crippen molar-refractivity contribution >= 4 is 23.2 Å². The normalized spacial score (nSPS) is 17.0. The number of hydrogen-bond donors (Lipinski definition) is 1. The number of amides is 2. The molecule has 2 aromatic rings. The number of carbonyl (C=O) groups is 2. The molecule has 26 heavy (non-hydrogen) atoms. The van der Waals surface area contributed by atoms with Gasteiger partial charge in [-0.2, -0.15) is 5.10 Å². The number of likely N-dealkylation sites (tertiary alicyclic amines) is 1. The van der Waals surface area contributed by atoms with Crippen molar-refractivity contribution in [3.05, 3.63) is 29.4 Å². The number of thiophene rings is 1. The molecule has 0 spiro atoms. The topological polar surface area (TPSA) is 67.2 Å². The molecule has 2 aromatic heterocycles. The molecule has 2 amide bonds. The SMILES string of the molecule is CNC(=O)Cn1cc(-c2cc(C(=O)N3CCCC(C)(C)CC3)cs2)cn1. The van der Waals surface area contributed by atoms with Gasteiger partial charge in [0.15, 0.2) is 0 Å². The largest absolute Gasteiger partial charge is 0.358 e. The number of carbonyl (C=O) groups excluding carboxylic acids is 2. The highest BCUT2D eigenvalue weighted by Gasteiger charge is 2.26. The van der Waals surface area contributed by atoms with Gasteiger partial charge in [0.1, 0.15) is 6.54 Å². The van der Waals surface area contributed by atoms with Crippen molar-refractivity contribution in [2.75, 3.05) is 20.1 Å².